The Balaban J connectivity index is 0.000000451. The second-order valence-corrected chi connectivity index (χ2v) is 12.4. The van der Waals surface area contributed by atoms with Gasteiger partial charge in [-0.2, -0.15) is 13.2 Å². The average Bonchev–Trinajstić information content (AvgIpc) is 3.26. The third-order valence-electron chi connectivity index (χ3n) is 8.69. The zero-order chi connectivity index (χ0) is 30.0. The Morgan fingerprint density at radius 3 is 2.00 bits per heavy atom. The molecule has 6 nitrogen and oxygen atoms in total. The quantitative estimate of drug-likeness (QED) is 0.243. The Labute approximate surface area is 247 Å². The summed E-state index contributed by atoms with van der Waals surface area (Å²) in [5.41, 5.74) is 1.67. The van der Waals surface area contributed by atoms with Crippen molar-refractivity contribution in [3.05, 3.63) is 90.0 Å². The minimum atomic E-state index is -5.19. The van der Waals surface area contributed by atoms with Crippen LogP contribution >= 0.6 is 11.8 Å². The maximum Gasteiger partial charge on any atom is 0.430 e. The van der Waals surface area contributed by atoms with Crippen LogP contribution in [-0.4, -0.2) is 65.6 Å². The maximum atomic E-state index is 13.8. The number of carbonyl (C=O) groups is 2. The fourth-order valence-electron chi connectivity index (χ4n) is 6.60. The Morgan fingerprint density at radius 2 is 1.45 bits per heavy atom. The second kappa shape index (κ2) is 12.1. The summed E-state index contributed by atoms with van der Waals surface area (Å²) < 4.78 is 32.6. The lowest BCUT2D eigenvalue weighted by atomic mass is 9.80. The lowest BCUT2D eigenvalue weighted by molar-refractivity contribution is -0.943. The number of halogens is 3. The van der Waals surface area contributed by atoms with Crippen molar-refractivity contribution >= 4 is 23.6 Å². The van der Waals surface area contributed by atoms with Crippen LogP contribution in [0.25, 0.3) is 11.1 Å². The minimum Gasteiger partial charge on any atom is -0.542 e. The Bertz CT molecular complexity index is 1380. The highest BCUT2D eigenvalue weighted by Crippen LogP contribution is 2.47. The number of hydrogen-bond donors (Lipinski definition) is 2. The summed E-state index contributed by atoms with van der Waals surface area (Å²) in [6.45, 7) is 4.56. The number of aliphatic hydroxyl groups is 1. The van der Waals surface area contributed by atoms with Gasteiger partial charge in [0.05, 0.1) is 32.2 Å². The molecule has 42 heavy (non-hydrogen) atoms. The van der Waals surface area contributed by atoms with E-state index in [1.165, 1.54) is 24.4 Å². The fourth-order valence-corrected chi connectivity index (χ4v) is 7.46. The molecule has 0 unspecified atom stereocenters. The largest absolute Gasteiger partial charge is 0.542 e. The van der Waals surface area contributed by atoms with Gasteiger partial charge in [0.1, 0.15) is 5.97 Å². The summed E-state index contributed by atoms with van der Waals surface area (Å²) in [5.74, 6) is -1.65. The van der Waals surface area contributed by atoms with Crippen molar-refractivity contribution in [3.63, 3.8) is 0 Å². The lowest BCUT2D eigenvalue weighted by Gasteiger charge is -2.53. The molecule has 3 aromatic rings. The molecular weight excluding hydrogens is 565 g/mol. The van der Waals surface area contributed by atoms with E-state index < -0.39 is 17.7 Å². The number of fused-ring (bicyclic) bond motifs is 6. The molecule has 1 amide bonds. The van der Waals surface area contributed by atoms with Gasteiger partial charge < -0.3 is 24.8 Å². The maximum absolute atomic E-state index is 13.8. The van der Waals surface area contributed by atoms with Crippen LogP contribution in [0.15, 0.2) is 83.8 Å². The van der Waals surface area contributed by atoms with Crippen molar-refractivity contribution < 1.29 is 37.5 Å². The van der Waals surface area contributed by atoms with Crippen LogP contribution in [0.3, 0.4) is 0 Å². The van der Waals surface area contributed by atoms with E-state index in [4.69, 9.17) is 9.90 Å². The number of quaternary nitrogens is 1. The molecule has 3 fully saturated rings. The molecule has 7 rings (SSSR count). The number of rotatable bonds is 7. The average molecular weight is 599 g/mol. The molecule has 3 aromatic carbocycles. The van der Waals surface area contributed by atoms with E-state index in [2.05, 4.69) is 35.6 Å². The van der Waals surface area contributed by atoms with Gasteiger partial charge in [0.15, 0.2) is 5.60 Å². The highest BCUT2D eigenvalue weighted by atomic mass is 32.2. The number of hydrogen-bond acceptors (Lipinski definition) is 5. The first kappa shape index (κ1) is 30.1. The SMILES string of the molecule is O=C(N[C@H]1C[N+]2(CCCSc3ccccc3)CCC1CC2)C1(O)c2ccccc2-c2ccccc21.O=C([O-])C(F)(F)F. The highest BCUT2D eigenvalue weighted by Gasteiger charge is 2.51. The molecular formula is C32H33F3N2O4S. The van der Waals surface area contributed by atoms with E-state index in [1.807, 2.05) is 60.3 Å². The zero-order valence-electron chi connectivity index (χ0n) is 23.0. The molecule has 222 valence electrons. The van der Waals surface area contributed by atoms with Crippen molar-refractivity contribution in [2.24, 2.45) is 5.92 Å². The third-order valence-corrected chi connectivity index (χ3v) is 9.79. The summed E-state index contributed by atoms with van der Waals surface area (Å²) in [6, 6.07) is 26.3. The molecule has 3 saturated heterocycles. The number of aliphatic carboxylic acids is 1. The van der Waals surface area contributed by atoms with Gasteiger partial charge in [0.2, 0.25) is 0 Å². The van der Waals surface area contributed by atoms with Gasteiger partial charge in [-0.3, -0.25) is 4.79 Å². The molecule has 0 spiro atoms. The number of nitrogens with one attached hydrogen (secondary N) is 1. The van der Waals surface area contributed by atoms with Crippen molar-refractivity contribution in [2.45, 2.75) is 42.0 Å². The molecule has 0 radical (unpaired) electrons. The summed E-state index contributed by atoms with van der Waals surface area (Å²) >= 11 is 1.93. The third kappa shape index (κ3) is 6.07. The van der Waals surface area contributed by atoms with Crippen molar-refractivity contribution in [3.8, 4) is 11.1 Å². The van der Waals surface area contributed by atoms with Crippen molar-refractivity contribution in [2.75, 3.05) is 31.9 Å². The first-order valence-corrected chi connectivity index (χ1v) is 15.1. The number of thioether (sulfide) groups is 1. The van der Waals surface area contributed by atoms with E-state index in [-0.39, 0.29) is 11.9 Å². The number of nitrogens with zero attached hydrogens (tertiary/aromatic N) is 1. The summed E-state index contributed by atoms with van der Waals surface area (Å²) in [6.07, 6.45) is -1.71. The first-order valence-electron chi connectivity index (χ1n) is 14.1. The van der Waals surface area contributed by atoms with Crippen molar-refractivity contribution in [1.82, 2.24) is 5.32 Å². The Hall–Kier alpha value is -3.34. The number of benzene rings is 3. The fraction of sp³-hybridized carbons (Fsp3) is 0.375. The molecule has 0 aromatic heterocycles. The van der Waals surface area contributed by atoms with Gasteiger partial charge in [-0.25, -0.2) is 0 Å². The number of alkyl halides is 3. The van der Waals surface area contributed by atoms with E-state index in [0.29, 0.717) is 17.0 Å². The molecule has 1 aliphatic carbocycles. The summed E-state index contributed by atoms with van der Waals surface area (Å²) in [7, 11) is 0. The molecule has 4 aliphatic rings. The van der Waals surface area contributed by atoms with E-state index in [1.54, 1.807) is 0 Å². The van der Waals surface area contributed by atoms with E-state index in [9.17, 15) is 23.1 Å². The van der Waals surface area contributed by atoms with Gasteiger partial charge in [0, 0.05) is 41.0 Å². The van der Waals surface area contributed by atoms with Gasteiger partial charge in [0.25, 0.3) is 5.91 Å². The van der Waals surface area contributed by atoms with E-state index >= 15 is 0 Å². The molecule has 10 heteroatoms. The van der Waals surface area contributed by atoms with Crippen LogP contribution < -0.4 is 10.4 Å². The Morgan fingerprint density at radius 1 is 0.929 bits per heavy atom. The number of carbonyl (C=O) groups excluding carboxylic acids is 2. The Kier molecular flexibility index (Phi) is 8.68. The van der Waals surface area contributed by atoms with Gasteiger partial charge in [-0.15, -0.1) is 11.8 Å². The normalized spacial score (nSPS) is 23.2. The molecule has 1 atom stereocenters. The van der Waals surface area contributed by atoms with Crippen LogP contribution in [0.4, 0.5) is 13.2 Å². The van der Waals surface area contributed by atoms with Crippen molar-refractivity contribution in [1.29, 1.82) is 0 Å². The van der Waals surface area contributed by atoms with Crippen LogP contribution in [0.2, 0.25) is 0 Å². The summed E-state index contributed by atoms with van der Waals surface area (Å²) in [5, 5.41) is 24.0. The highest BCUT2D eigenvalue weighted by molar-refractivity contribution is 7.99. The number of piperidine rings is 3. The monoisotopic (exact) mass is 598 g/mol. The van der Waals surface area contributed by atoms with Gasteiger partial charge in [-0.05, 0) is 29.2 Å². The molecule has 2 bridgehead atoms. The van der Waals surface area contributed by atoms with Gasteiger partial charge >= 0.3 is 6.18 Å². The van der Waals surface area contributed by atoms with Crippen LogP contribution in [-0.2, 0) is 15.2 Å². The second-order valence-electron chi connectivity index (χ2n) is 11.2. The minimum absolute atomic E-state index is 0.121. The number of carboxylic acid groups (broad SMARTS) is 1. The number of amides is 1. The first-order chi connectivity index (χ1) is 20.0. The number of carboxylic acids is 1. The predicted octanol–water partition coefficient (Wildman–Crippen LogP) is 4.11. The van der Waals surface area contributed by atoms with Crippen LogP contribution in [0.1, 0.15) is 30.4 Å². The van der Waals surface area contributed by atoms with E-state index in [0.717, 1.165) is 47.3 Å². The predicted molar refractivity (Wildman–Crippen MR) is 152 cm³/mol. The topological polar surface area (TPSA) is 89.5 Å². The smallest absolute Gasteiger partial charge is 0.430 e. The molecule has 2 N–H and O–H groups in total. The summed E-state index contributed by atoms with van der Waals surface area (Å²) in [4.78, 5) is 23.9. The lowest BCUT2D eigenvalue weighted by Crippen LogP contribution is -2.68. The zero-order valence-corrected chi connectivity index (χ0v) is 23.8. The molecule has 0 saturated carbocycles. The van der Waals surface area contributed by atoms with Crippen LogP contribution in [0, 0.1) is 5.92 Å². The van der Waals surface area contributed by atoms with Gasteiger partial charge in [-0.1, -0.05) is 66.7 Å². The standard InChI is InChI=1S/C30H32N2O2S.C2HF3O2/c33-29(30(34)26-13-6-4-11-24(26)25-12-5-7-14-27(25)30)31-28-21-32(18-15-22(28)16-19-32)17-8-20-35-23-9-2-1-3-10-23;3-2(4,5)1(6)7/h1-7,9-14,22,28,34H,8,15-21H2;(H,6,7)/t22?,28-,32?;/m0./s1. The molecule has 3 heterocycles. The van der Waals surface area contributed by atoms with Crippen LogP contribution in [0.5, 0.6) is 0 Å². The molecule has 3 aliphatic heterocycles.